The zero-order chi connectivity index (χ0) is 21.9. The van der Waals surface area contributed by atoms with Gasteiger partial charge in [0.2, 0.25) is 0 Å². The number of sulfone groups is 1. The van der Waals surface area contributed by atoms with Crippen LogP contribution in [0.25, 0.3) is 10.2 Å². The maximum absolute atomic E-state index is 13.3. The van der Waals surface area contributed by atoms with Crippen LogP contribution in [-0.2, 0) is 9.84 Å². The number of carbonyl (C=O) groups excluding carboxylic acids is 1. The van der Waals surface area contributed by atoms with E-state index in [1.54, 1.807) is 35.2 Å². The molecule has 160 valence electrons. The highest BCUT2D eigenvalue weighted by Crippen LogP contribution is 2.31. The third kappa shape index (κ3) is 5.26. The van der Waals surface area contributed by atoms with Gasteiger partial charge in [0.1, 0.15) is 0 Å². The van der Waals surface area contributed by atoms with E-state index >= 15 is 0 Å². The van der Waals surface area contributed by atoms with Gasteiger partial charge in [-0.05, 0) is 55.6 Å². The Hall–Kier alpha value is -1.81. The molecule has 0 saturated heterocycles. The third-order valence-electron chi connectivity index (χ3n) is 4.88. The zero-order valence-corrected chi connectivity index (χ0v) is 20.3. The van der Waals surface area contributed by atoms with Crippen molar-refractivity contribution in [1.82, 2.24) is 9.88 Å². The molecule has 0 aliphatic heterocycles. The molecule has 1 heterocycles. The van der Waals surface area contributed by atoms with Crippen molar-refractivity contribution in [3.05, 3.63) is 52.5 Å². The topological polar surface area (TPSA) is 70.6 Å². The summed E-state index contributed by atoms with van der Waals surface area (Å²) in [5.41, 5.74) is 1.26. The Morgan fingerprint density at radius 1 is 1.07 bits per heavy atom. The monoisotopic (exact) mass is 509 g/mol. The molecule has 0 radical (unpaired) electrons. The van der Waals surface area contributed by atoms with Gasteiger partial charge in [-0.1, -0.05) is 41.1 Å². The molecule has 2 aromatic carbocycles. The van der Waals surface area contributed by atoms with Crippen molar-refractivity contribution in [3.63, 3.8) is 0 Å². The molecule has 0 saturated carbocycles. The lowest BCUT2D eigenvalue weighted by atomic mass is 10.2. The van der Waals surface area contributed by atoms with Crippen molar-refractivity contribution in [2.24, 2.45) is 0 Å². The van der Waals surface area contributed by atoms with Crippen LogP contribution in [-0.4, -0.2) is 56.6 Å². The lowest BCUT2D eigenvalue weighted by Crippen LogP contribution is -2.38. The SMILES string of the molecule is CCN(CC)CCN(C(=O)c1ccc(Br)cc1)c1nc2ccc(S(C)(=O)=O)cc2s1. The van der Waals surface area contributed by atoms with Gasteiger partial charge in [0.25, 0.3) is 5.91 Å². The highest BCUT2D eigenvalue weighted by atomic mass is 79.9. The van der Waals surface area contributed by atoms with Gasteiger partial charge in [0, 0.05) is 29.4 Å². The number of rotatable bonds is 8. The number of thiazole rings is 1. The highest BCUT2D eigenvalue weighted by molar-refractivity contribution is 9.10. The van der Waals surface area contributed by atoms with Crippen LogP contribution < -0.4 is 4.90 Å². The Morgan fingerprint density at radius 2 is 1.73 bits per heavy atom. The number of halogens is 1. The van der Waals surface area contributed by atoms with E-state index in [9.17, 15) is 13.2 Å². The Morgan fingerprint density at radius 3 is 2.33 bits per heavy atom. The molecule has 3 aromatic rings. The molecular weight excluding hydrogens is 486 g/mol. The quantitative estimate of drug-likeness (QED) is 0.448. The van der Waals surface area contributed by atoms with E-state index in [-0.39, 0.29) is 10.8 Å². The molecule has 30 heavy (non-hydrogen) atoms. The first-order valence-electron chi connectivity index (χ1n) is 9.63. The fourth-order valence-corrected chi connectivity index (χ4v) is 5.07. The van der Waals surface area contributed by atoms with E-state index in [0.29, 0.717) is 22.8 Å². The molecular formula is C21H24BrN3O3S2. The Balaban J connectivity index is 1.99. The van der Waals surface area contributed by atoms with Crippen LogP contribution in [0, 0.1) is 0 Å². The number of carbonyl (C=O) groups is 1. The van der Waals surface area contributed by atoms with Crippen molar-refractivity contribution < 1.29 is 13.2 Å². The summed E-state index contributed by atoms with van der Waals surface area (Å²) in [6, 6.07) is 12.1. The van der Waals surface area contributed by atoms with Crippen molar-refractivity contribution in [3.8, 4) is 0 Å². The highest BCUT2D eigenvalue weighted by Gasteiger charge is 2.22. The standard InChI is InChI=1S/C21H24BrN3O3S2/c1-4-24(5-2)12-13-25(20(26)15-6-8-16(22)9-7-15)21-23-18-11-10-17(30(3,27)28)14-19(18)29-21/h6-11,14H,4-5,12-13H2,1-3H3. The molecule has 1 amide bonds. The maximum atomic E-state index is 13.3. The molecule has 0 aliphatic rings. The van der Waals surface area contributed by atoms with Gasteiger partial charge < -0.3 is 4.90 Å². The minimum absolute atomic E-state index is 0.128. The Kier molecular flexibility index (Phi) is 7.28. The van der Waals surface area contributed by atoms with Gasteiger partial charge in [-0.3, -0.25) is 9.69 Å². The van der Waals surface area contributed by atoms with E-state index in [0.717, 1.165) is 28.8 Å². The summed E-state index contributed by atoms with van der Waals surface area (Å²) in [5, 5.41) is 0.565. The molecule has 9 heteroatoms. The van der Waals surface area contributed by atoms with Crippen LogP contribution in [0.2, 0.25) is 0 Å². The Labute approximate surface area is 189 Å². The predicted octanol–water partition coefficient (Wildman–Crippen LogP) is 4.45. The molecule has 0 unspecified atom stereocenters. The molecule has 0 N–H and O–H groups in total. The molecule has 0 aliphatic carbocycles. The molecule has 0 fully saturated rings. The van der Waals surface area contributed by atoms with E-state index < -0.39 is 9.84 Å². The second-order valence-electron chi connectivity index (χ2n) is 6.89. The number of fused-ring (bicyclic) bond motifs is 1. The van der Waals surface area contributed by atoms with E-state index in [1.807, 2.05) is 12.1 Å². The number of benzene rings is 2. The van der Waals surface area contributed by atoms with Crippen LogP contribution in [0.1, 0.15) is 24.2 Å². The van der Waals surface area contributed by atoms with Gasteiger partial charge in [0.15, 0.2) is 15.0 Å². The fraction of sp³-hybridized carbons (Fsp3) is 0.333. The smallest absolute Gasteiger partial charge is 0.260 e. The average molecular weight is 510 g/mol. The average Bonchev–Trinajstić information content (AvgIpc) is 3.13. The van der Waals surface area contributed by atoms with E-state index in [2.05, 4.69) is 39.7 Å². The second-order valence-corrected chi connectivity index (χ2v) is 10.8. The molecule has 0 spiro atoms. The number of amides is 1. The summed E-state index contributed by atoms with van der Waals surface area (Å²) < 4.78 is 25.4. The lowest BCUT2D eigenvalue weighted by molar-refractivity contribution is 0.0983. The largest absolute Gasteiger partial charge is 0.302 e. The Bertz CT molecular complexity index is 1140. The van der Waals surface area contributed by atoms with E-state index in [1.165, 1.54) is 17.6 Å². The zero-order valence-electron chi connectivity index (χ0n) is 17.1. The summed E-state index contributed by atoms with van der Waals surface area (Å²) in [5.74, 6) is -0.128. The van der Waals surface area contributed by atoms with Crippen molar-refractivity contribution in [2.45, 2.75) is 18.7 Å². The van der Waals surface area contributed by atoms with Crippen LogP contribution in [0.3, 0.4) is 0 Å². The fourth-order valence-electron chi connectivity index (χ4n) is 3.05. The van der Waals surface area contributed by atoms with Crippen molar-refractivity contribution in [1.29, 1.82) is 0 Å². The molecule has 0 atom stereocenters. The van der Waals surface area contributed by atoms with Crippen LogP contribution in [0.5, 0.6) is 0 Å². The first-order chi connectivity index (χ1) is 14.2. The van der Waals surface area contributed by atoms with Gasteiger partial charge in [0.05, 0.1) is 15.1 Å². The third-order valence-corrected chi connectivity index (χ3v) is 7.56. The van der Waals surface area contributed by atoms with Gasteiger partial charge >= 0.3 is 0 Å². The summed E-state index contributed by atoms with van der Waals surface area (Å²) >= 11 is 4.73. The minimum Gasteiger partial charge on any atom is -0.302 e. The maximum Gasteiger partial charge on any atom is 0.260 e. The van der Waals surface area contributed by atoms with E-state index in [4.69, 9.17) is 0 Å². The van der Waals surface area contributed by atoms with Gasteiger partial charge in [-0.2, -0.15) is 0 Å². The predicted molar refractivity (Wildman–Crippen MR) is 126 cm³/mol. The number of hydrogen-bond acceptors (Lipinski definition) is 6. The van der Waals surface area contributed by atoms with Crippen molar-refractivity contribution >= 4 is 58.4 Å². The number of likely N-dealkylation sites (N-methyl/N-ethyl adjacent to an activating group) is 1. The second kappa shape index (κ2) is 9.55. The summed E-state index contributed by atoms with van der Waals surface area (Å²) in [6.07, 6.45) is 1.18. The molecule has 3 rings (SSSR count). The number of aromatic nitrogens is 1. The normalized spacial score (nSPS) is 11.9. The van der Waals surface area contributed by atoms with Crippen LogP contribution in [0.15, 0.2) is 51.8 Å². The number of anilines is 1. The summed E-state index contributed by atoms with van der Waals surface area (Å²) in [4.78, 5) is 22.1. The van der Waals surface area contributed by atoms with Gasteiger partial charge in [-0.25, -0.2) is 13.4 Å². The first-order valence-corrected chi connectivity index (χ1v) is 13.1. The number of hydrogen-bond donors (Lipinski definition) is 0. The summed E-state index contributed by atoms with van der Waals surface area (Å²) in [6.45, 7) is 7.20. The number of nitrogens with zero attached hydrogens (tertiary/aromatic N) is 3. The molecule has 0 bridgehead atoms. The molecule has 1 aromatic heterocycles. The minimum atomic E-state index is -3.31. The van der Waals surface area contributed by atoms with Crippen molar-refractivity contribution in [2.75, 3.05) is 37.3 Å². The van der Waals surface area contributed by atoms with Crippen LogP contribution >= 0.6 is 27.3 Å². The first kappa shape index (κ1) is 22.9. The molecule has 6 nitrogen and oxygen atoms in total. The summed E-state index contributed by atoms with van der Waals surface area (Å²) in [7, 11) is -3.31. The lowest BCUT2D eigenvalue weighted by Gasteiger charge is -2.24. The van der Waals surface area contributed by atoms with Crippen LogP contribution in [0.4, 0.5) is 5.13 Å². The van der Waals surface area contributed by atoms with Gasteiger partial charge in [-0.15, -0.1) is 0 Å².